The molecule has 0 bridgehead atoms. The van der Waals surface area contributed by atoms with Crippen molar-refractivity contribution in [2.24, 2.45) is 11.3 Å². The number of hydrogen-bond acceptors (Lipinski definition) is 1. The number of rotatable bonds is 5. The smallest absolute Gasteiger partial charge is 0.0205 e. The zero-order valence-corrected chi connectivity index (χ0v) is 9.79. The van der Waals surface area contributed by atoms with E-state index in [-0.39, 0.29) is 0 Å². The molecule has 0 heterocycles. The quantitative estimate of drug-likeness (QED) is 0.775. The van der Waals surface area contributed by atoms with Gasteiger partial charge in [0, 0.05) is 13.1 Å². The van der Waals surface area contributed by atoms with Crippen LogP contribution in [0.15, 0.2) is 30.3 Å². The fourth-order valence-electron chi connectivity index (χ4n) is 2.17. The van der Waals surface area contributed by atoms with Crippen LogP contribution in [0.2, 0.25) is 0 Å². The third-order valence-electron chi connectivity index (χ3n) is 3.77. The van der Waals surface area contributed by atoms with Gasteiger partial charge in [0.2, 0.25) is 0 Å². The van der Waals surface area contributed by atoms with E-state index in [2.05, 4.69) is 49.5 Å². The molecule has 82 valence electrons. The summed E-state index contributed by atoms with van der Waals surface area (Å²) in [5.41, 5.74) is 2.01. The van der Waals surface area contributed by atoms with Crippen molar-refractivity contribution in [3.05, 3.63) is 35.9 Å². The molecule has 1 aliphatic carbocycles. The number of hydrogen-bond donors (Lipinski definition) is 1. The van der Waals surface area contributed by atoms with Crippen molar-refractivity contribution < 1.29 is 0 Å². The molecule has 1 aromatic rings. The zero-order valence-electron chi connectivity index (χ0n) is 9.79. The summed E-state index contributed by atoms with van der Waals surface area (Å²) in [7, 11) is 0. The maximum Gasteiger partial charge on any atom is 0.0205 e. The highest BCUT2D eigenvalue weighted by molar-refractivity contribution is 5.14. The van der Waals surface area contributed by atoms with Crippen LogP contribution < -0.4 is 5.32 Å². The predicted octanol–water partition coefficient (Wildman–Crippen LogP) is 3.21. The van der Waals surface area contributed by atoms with Crippen LogP contribution in [0.5, 0.6) is 0 Å². The molecule has 1 nitrogen and oxygen atoms in total. The van der Waals surface area contributed by atoms with Crippen LogP contribution in [0.3, 0.4) is 0 Å². The molecule has 15 heavy (non-hydrogen) atoms. The minimum Gasteiger partial charge on any atom is -0.312 e. The fourth-order valence-corrected chi connectivity index (χ4v) is 2.17. The van der Waals surface area contributed by atoms with E-state index in [9.17, 15) is 0 Å². The first kappa shape index (κ1) is 10.7. The molecule has 0 aromatic heterocycles. The normalized spacial score (nSPS) is 18.1. The Morgan fingerprint density at radius 1 is 1.20 bits per heavy atom. The summed E-state index contributed by atoms with van der Waals surface area (Å²) < 4.78 is 0. The van der Waals surface area contributed by atoms with Crippen molar-refractivity contribution in [2.45, 2.75) is 33.2 Å². The highest BCUT2D eigenvalue weighted by Crippen LogP contribution is 2.51. The van der Waals surface area contributed by atoms with Gasteiger partial charge in [-0.2, -0.15) is 0 Å². The third-order valence-corrected chi connectivity index (χ3v) is 3.77. The molecule has 2 rings (SSSR count). The first-order valence-corrected chi connectivity index (χ1v) is 5.98. The molecule has 1 N–H and O–H groups in total. The summed E-state index contributed by atoms with van der Waals surface area (Å²) in [6, 6.07) is 10.6. The van der Waals surface area contributed by atoms with Crippen LogP contribution in [0.4, 0.5) is 0 Å². The van der Waals surface area contributed by atoms with E-state index in [1.165, 1.54) is 24.9 Å². The number of nitrogens with one attached hydrogen (secondary N) is 1. The van der Waals surface area contributed by atoms with E-state index in [1.807, 2.05) is 0 Å². The molecule has 0 amide bonds. The van der Waals surface area contributed by atoms with E-state index >= 15 is 0 Å². The summed E-state index contributed by atoms with van der Waals surface area (Å²) in [5.74, 6) is 0.820. The summed E-state index contributed by atoms with van der Waals surface area (Å²) in [5, 5.41) is 3.59. The molecule has 0 aliphatic heterocycles. The summed E-state index contributed by atoms with van der Waals surface area (Å²) >= 11 is 0. The minimum atomic E-state index is 0.620. The van der Waals surface area contributed by atoms with Gasteiger partial charge in [-0.15, -0.1) is 0 Å². The van der Waals surface area contributed by atoms with Crippen LogP contribution in [-0.2, 0) is 6.54 Å². The second kappa shape index (κ2) is 4.36. The van der Waals surface area contributed by atoms with Crippen LogP contribution >= 0.6 is 0 Å². The second-order valence-corrected chi connectivity index (χ2v) is 5.11. The Bertz CT molecular complexity index is 298. The van der Waals surface area contributed by atoms with E-state index in [0.29, 0.717) is 5.41 Å². The third kappa shape index (κ3) is 2.60. The van der Waals surface area contributed by atoms with Crippen molar-refractivity contribution in [2.75, 3.05) is 6.54 Å². The Kier molecular flexibility index (Phi) is 3.11. The van der Waals surface area contributed by atoms with Crippen molar-refractivity contribution in [3.8, 4) is 0 Å². The molecule has 1 fully saturated rings. The molecule has 0 radical (unpaired) electrons. The Balaban J connectivity index is 1.76. The topological polar surface area (TPSA) is 12.0 Å². The van der Waals surface area contributed by atoms with Gasteiger partial charge >= 0.3 is 0 Å². The average Bonchev–Trinajstić information content (AvgIpc) is 3.01. The van der Waals surface area contributed by atoms with Crippen LogP contribution in [0.1, 0.15) is 32.3 Å². The maximum atomic E-state index is 3.59. The van der Waals surface area contributed by atoms with Crippen molar-refractivity contribution in [1.29, 1.82) is 0 Å². The molecule has 1 heteroatoms. The lowest BCUT2D eigenvalue weighted by Gasteiger charge is -2.20. The zero-order chi connectivity index (χ0) is 10.7. The van der Waals surface area contributed by atoms with E-state index in [1.54, 1.807) is 0 Å². The molecule has 0 spiro atoms. The van der Waals surface area contributed by atoms with Gasteiger partial charge in [0.15, 0.2) is 0 Å². The van der Waals surface area contributed by atoms with Gasteiger partial charge in [-0.1, -0.05) is 44.2 Å². The van der Waals surface area contributed by atoms with Gasteiger partial charge in [-0.3, -0.25) is 0 Å². The molecule has 1 aromatic carbocycles. The lowest BCUT2D eigenvalue weighted by atomic mass is 9.92. The predicted molar refractivity (Wildman–Crippen MR) is 64.7 cm³/mol. The number of benzene rings is 1. The van der Waals surface area contributed by atoms with Gasteiger partial charge in [-0.05, 0) is 29.7 Å². The lowest BCUT2D eigenvalue weighted by Crippen LogP contribution is -2.27. The van der Waals surface area contributed by atoms with Crippen LogP contribution in [-0.4, -0.2) is 6.54 Å². The molecular weight excluding hydrogens is 182 g/mol. The minimum absolute atomic E-state index is 0.620. The van der Waals surface area contributed by atoms with Crippen LogP contribution in [0, 0.1) is 11.3 Å². The van der Waals surface area contributed by atoms with Gasteiger partial charge in [0.05, 0.1) is 0 Å². The highest BCUT2D eigenvalue weighted by Gasteiger charge is 2.44. The average molecular weight is 203 g/mol. The SMILES string of the molecule is CC(C)C1(CNCc2ccccc2)CC1. The van der Waals surface area contributed by atoms with Crippen molar-refractivity contribution in [3.63, 3.8) is 0 Å². The Morgan fingerprint density at radius 2 is 1.87 bits per heavy atom. The lowest BCUT2D eigenvalue weighted by molar-refractivity contribution is 0.338. The van der Waals surface area contributed by atoms with Gasteiger partial charge < -0.3 is 5.32 Å². The van der Waals surface area contributed by atoms with Gasteiger partial charge in [0.25, 0.3) is 0 Å². The molecule has 1 saturated carbocycles. The van der Waals surface area contributed by atoms with Gasteiger partial charge in [-0.25, -0.2) is 0 Å². The molecule has 0 saturated heterocycles. The standard InChI is InChI=1S/C14H21N/c1-12(2)14(8-9-14)11-15-10-13-6-4-3-5-7-13/h3-7,12,15H,8-11H2,1-2H3. The van der Waals surface area contributed by atoms with E-state index in [0.717, 1.165) is 12.5 Å². The van der Waals surface area contributed by atoms with Crippen molar-refractivity contribution >= 4 is 0 Å². The van der Waals surface area contributed by atoms with Crippen LogP contribution in [0.25, 0.3) is 0 Å². The monoisotopic (exact) mass is 203 g/mol. The molecule has 0 unspecified atom stereocenters. The molecule has 1 aliphatic rings. The Hall–Kier alpha value is -0.820. The van der Waals surface area contributed by atoms with E-state index in [4.69, 9.17) is 0 Å². The fraction of sp³-hybridized carbons (Fsp3) is 0.571. The second-order valence-electron chi connectivity index (χ2n) is 5.11. The maximum absolute atomic E-state index is 3.59. The van der Waals surface area contributed by atoms with Gasteiger partial charge in [0.1, 0.15) is 0 Å². The molecular formula is C14H21N. The largest absolute Gasteiger partial charge is 0.312 e. The summed E-state index contributed by atoms with van der Waals surface area (Å²) in [4.78, 5) is 0. The van der Waals surface area contributed by atoms with E-state index < -0.39 is 0 Å². The highest BCUT2D eigenvalue weighted by atomic mass is 14.9. The van der Waals surface area contributed by atoms with Crippen molar-refractivity contribution in [1.82, 2.24) is 5.32 Å². The summed E-state index contributed by atoms with van der Waals surface area (Å²) in [6.45, 7) is 6.88. The Morgan fingerprint density at radius 3 is 2.40 bits per heavy atom. The first-order chi connectivity index (χ1) is 7.23. The summed E-state index contributed by atoms with van der Waals surface area (Å²) in [6.07, 6.45) is 2.82. The molecule has 0 atom stereocenters. The first-order valence-electron chi connectivity index (χ1n) is 5.98. The Labute approximate surface area is 92.9 Å².